The predicted molar refractivity (Wildman–Crippen MR) is 191 cm³/mol. The van der Waals surface area contributed by atoms with Crippen LogP contribution in [-0.2, 0) is 0 Å². The summed E-state index contributed by atoms with van der Waals surface area (Å²) in [5.41, 5.74) is 10.1. The van der Waals surface area contributed by atoms with Crippen LogP contribution < -0.4 is 0 Å². The van der Waals surface area contributed by atoms with E-state index in [2.05, 4.69) is 147 Å². The van der Waals surface area contributed by atoms with E-state index < -0.39 is 0 Å². The number of hydrogen-bond acceptors (Lipinski definition) is 2. The minimum atomic E-state index is -0.226. The van der Waals surface area contributed by atoms with Gasteiger partial charge in [-0.25, -0.2) is 0 Å². The van der Waals surface area contributed by atoms with E-state index in [-0.39, 0.29) is 17.6 Å². The Labute approximate surface area is 264 Å². The Kier molecular flexibility index (Phi) is 17.1. The van der Waals surface area contributed by atoms with Gasteiger partial charge in [0.15, 0.2) is 0 Å². The number of allylic oxidation sites excluding steroid dienone is 20. The van der Waals surface area contributed by atoms with E-state index >= 15 is 0 Å². The Morgan fingerprint density at radius 2 is 1.09 bits per heavy atom. The third kappa shape index (κ3) is 14.4. The third-order valence-corrected chi connectivity index (χ3v) is 7.97. The van der Waals surface area contributed by atoms with Crippen LogP contribution >= 0.6 is 0 Å². The summed E-state index contributed by atoms with van der Waals surface area (Å²) in [6.07, 6.45) is 32.7. The molecule has 0 amide bonds. The summed E-state index contributed by atoms with van der Waals surface area (Å²) in [6.45, 7) is 23.4. The minimum Gasteiger partial charge on any atom is -0.393 e. The lowest BCUT2D eigenvalue weighted by Gasteiger charge is -2.35. The van der Waals surface area contributed by atoms with Gasteiger partial charge in [0.1, 0.15) is 0 Å². The zero-order valence-corrected chi connectivity index (χ0v) is 29.0. The molecule has 0 heterocycles. The van der Waals surface area contributed by atoms with E-state index in [0.717, 1.165) is 25.7 Å². The molecule has 2 nitrogen and oxygen atoms in total. The molecule has 1 unspecified atom stereocenters. The lowest BCUT2D eigenvalue weighted by Crippen LogP contribution is -2.28. The van der Waals surface area contributed by atoms with Crippen LogP contribution in [0.4, 0.5) is 0 Å². The van der Waals surface area contributed by atoms with Crippen molar-refractivity contribution in [2.45, 2.75) is 114 Å². The first kappa shape index (κ1) is 38.1. The van der Waals surface area contributed by atoms with Crippen LogP contribution in [0.15, 0.2) is 130 Å². The predicted octanol–water partition coefficient (Wildman–Crippen LogP) is 11.2. The zero-order chi connectivity index (χ0) is 32.6. The Hall–Kier alpha value is -2.94. The topological polar surface area (TPSA) is 40.5 Å². The maximum Gasteiger partial charge on any atom is 0.0585 e. The molecule has 0 radical (unpaired) electrons. The molecular weight excluding hydrogens is 524 g/mol. The largest absolute Gasteiger partial charge is 0.393 e. The van der Waals surface area contributed by atoms with Crippen molar-refractivity contribution in [3.05, 3.63) is 130 Å². The highest BCUT2D eigenvalue weighted by Crippen LogP contribution is 2.41. The van der Waals surface area contributed by atoms with Gasteiger partial charge in [0.05, 0.1) is 12.2 Å². The molecule has 0 aromatic heterocycles. The quantitative estimate of drug-likeness (QED) is 0.251. The first-order chi connectivity index (χ1) is 20.3. The summed E-state index contributed by atoms with van der Waals surface area (Å²) >= 11 is 0. The van der Waals surface area contributed by atoms with E-state index in [9.17, 15) is 10.2 Å². The molecule has 0 fully saturated rings. The molecular formula is C41H60O2. The zero-order valence-electron chi connectivity index (χ0n) is 29.0. The standard InChI is InChI=1S/C39H54O2.C2H6/c1-28(16-12-18-30(3)20-22-37-32(5)24-35(40)25-33(37)6)14-10-11-15-29(2)17-13-19-31(4)21-23-38-34(7)26-36(41)27-39(38,8)9;1-2/h10-23,32,35-36,40-41H,24-27H2,1-9H3;1-2H3/b11-10+,16-12+,17-13+,22-20+,23-21+,28-14+,29-15+,30-18+,31-19+;/t32?,35-,36+;/m0./s1. The molecule has 2 aliphatic carbocycles. The molecule has 3 atom stereocenters. The lowest BCUT2D eigenvalue weighted by atomic mass is 9.71. The molecule has 236 valence electrons. The van der Waals surface area contributed by atoms with Crippen LogP contribution in [0, 0.1) is 11.3 Å². The molecule has 43 heavy (non-hydrogen) atoms. The maximum atomic E-state index is 10.1. The molecule has 0 aliphatic heterocycles. The Morgan fingerprint density at radius 1 is 0.651 bits per heavy atom. The van der Waals surface area contributed by atoms with E-state index in [1.54, 1.807) is 0 Å². The van der Waals surface area contributed by atoms with Gasteiger partial charge in [0.25, 0.3) is 0 Å². The summed E-state index contributed by atoms with van der Waals surface area (Å²) < 4.78 is 0. The van der Waals surface area contributed by atoms with E-state index in [4.69, 9.17) is 0 Å². The summed E-state index contributed by atoms with van der Waals surface area (Å²) in [6, 6.07) is 0. The second-order valence-corrected chi connectivity index (χ2v) is 12.8. The summed E-state index contributed by atoms with van der Waals surface area (Å²) in [4.78, 5) is 0. The van der Waals surface area contributed by atoms with Gasteiger partial charge < -0.3 is 10.2 Å². The van der Waals surface area contributed by atoms with Gasteiger partial charge >= 0.3 is 0 Å². The fraction of sp³-hybridized carbons (Fsp3) is 0.463. The summed E-state index contributed by atoms with van der Waals surface area (Å²) in [7, 11) is 0. The summed E-state index contributed by atoms with van der Waals surface area (Å²) in [5, 5.41) is 20.0. The smallest absolute Gasteiger partial charge is 0.0585 e. The van der Waals surface area contributed by atoms with Crippen molar-refractivity contribution >= 4 is 0 Å². The molecule has 0 bridgehead atoms. The molecule has 0 saturated heterocycles. The Morgan fingerprint density at radius 3 is 1.58 bits per heavy atom. The van der Waals surface area contributed by atoms with Crippen LogP contribution in [0.3, 0.4) is 0 Å². The third-order valence-electron chi connectivity index (χ3n) is 7.97. The number of hydrogen-bond donors (Lipinski definition) is 2. The number of aliphatic hydroxyl groups excluding tert-OH is 2. The van der Waals surface area contributed by atoms with E-state index in [1.165, 1.54) is 44.6 Å². The molecule has 2 aliphatic rings. The van der Waals surface area contributed by atoms with Gasteiger partial charge in [-0.3, -0.25) is 0 Å². The number of rotatable bonds is 10. The Bertz CT molecular complexity index is 1240. The van der Waals surface area contributed by atoms with E-state index in [0.29, 0.717) is 5.92 Å². The van der Waals surface area contributed by atoms with Gasteiger partial charge in [0.2, 0.25) is 0 Å². The first-order valence-electron chi connectivity index (χ1n) is 16.1. The van der Waals surface area contributed by atoms with Crippen molar-refractivity contribution in [2.24, 2.45) is 11.3 Å². The Balaban J connectivity index is 0.00000452. The highest BCUT2D eigenvalue weighted by Gasteiger charge is 2.31. The van der Waals surface area contributed by atoms with Gasteiger partial charge in [0, 0.05) is 0 Å². The highest BCUT2D eigenvalue weighted by molar-refractivity contribution is 5.38. The van der Waals surface area contributed by atoms with Crippen molar-refractivity contribution in [3.63, 3.8) is 0 Å². The van der Waals surface area contributed by atoms with Crippen LogP contribution in [0.1, 0.15) is 102 Å². The normalized spacial score (nSPS) is 24.8. The SMILES string of the molecule is CC.CC1=C(/C=C/C(C)=C/C=C/C(C)=C/C=C/C=C(C)/C=C/C=C(C)/C=C/C2=C(C)C[C@@H](O)CC2(C)C)C(C)C[C@H](O)C1. The molecule has 2 rings (SSSR count). The maximum absolute atomic E-state index is 10.1. The second kappa shape index (κ2) is 19.4. The molecule has 0 saturated carbocycles. The van der Waals surface area contributed by atoms with Gasteiger partial charge in [-0.1, -0.05) is 153 Å². The molecule has 0 spiro atoms. The fourth-order valence-corrected chi connectivity index (χ4v) is 5.77. The molecule has 0 aromatic rings. The first-order valence-corrected chi connectivity index (χ1v) is 16.1. The average molecular weight is 585 g/mol. The van der Waals surface area contributed by atoms with Crippen LogP contribution in [0.2, 0.25) is 0 Å². The van der Waals surface area contributed by atoms with Gasteiger partial charge in [-0.15, -0.1) is 0 Å². The van der Waals surface area contributed by atoms with E-state index in [1.807, 2.05) is 13.8 Å². The van der Waals surface area contributed by atoms with Crippen molar-refractivity contribution in [2.75, 3.05) is 0 Å². The van der Waals surface area contributed by atoms with Gasteiger partial charge in [-0.05, 0) is 89.7 Å². The van der Waals surface area contributed by atoms with Crippen LogP contribution in [-0.4, -0.2) is 22.4 Å². The molecule has 2 heteroatoms. The minimum absolute atomic E-state index is 0.00671. The second-order valence-electron chi connectivity index (χ2n) is 12.8. The van der Waals surface area contributed by atoms with Crippen molar-refractivity contribution in [1.29, 1.82) is 0 Å². The monoisotopic (exact) mass is 584 g/mol. The van der Waals surface area contributed by atoms with Crippen molar-refractivity contribution in [3.8, 4) is 0 Å². The lowest BCUT2D eigenvalue weighted by molar-refractivity contribution is 0.116. The van der Waals surface area contributed by atoms with Crippen LogP contribution in [0.5, 0.6) is 0 Å². The van der Waals surface area contributed by atoms with Crippen molar-refractivity contribution in [1.82, 2.24) is 0 Å². The summed E-state index contributed by atoms with van der Waals surface area (Å²) in [5.74, 6) is 0.407. The van der Waals surface area contributed by atoms with Gasteiger partial charge in [-0.2, -0.15) is 0 Å². The fourth-order valence-electron chi connectivity index (χ4n) is 5.77. The number of aliphatic hydroxyl groups is 2. The molecule has 0 aromatic carbocycles. The van der Waals surface area contributed by atoms with Crippen molar-refractivity contribution < 1.29 is 10.2 Å². The average Bonchev–Trinajstić information content (AvgIpc) is 2.90. The van der Waals surface area contributed by atoms with Crippen LogP contribution in [0.25, 0.3) is 0 Å². The molecule has 2 N–H and O–H groups in total. The highest BCUT2D eigenvalue weighted by atomic mass is 16.3.